The third kappa shape index (κ3) is 57.5. The Morgan fingerprint density at radius 3 is 0.538 bits per heavy atom. The van der Waals surface area contributed by atoms with Crippen molar-refractivity contribution in [1.29, 1.82) is 0 Å². The quantitative estimate of drug-likeness (QED) is 0.0214. The zero-order chi connectivity index (χ0) is 54.2. The molecule has 0 aliphatic heterocycles. The molecule has 0 unspecified atom stereocenters. The monoisotopic (exact) mass is 1450 g/mol. The van der Waals surface area contributed by atoms with E-state index in [2.05, 4.69) is 41.8 Å². The number of carbonyl (C=O) groups is 2. The number of nitrogens with one attached hydrogen (secondary N) is 2. The summed E-state index contributed by atoms with van der Waals surface area (Å²) >= 11 is 0. The normalized spacial score (nSPS) is 14.2. The second-order valence-corrected chi connectivity index (χ2v) is 22.3. The molecule has 0 spiro atoms. The maximum Gasteiger partial charge on any atom is 1.00 e. The fraction of sp³-hybridized carbons (Fsp3) is 0.857. The van der Waals surface area contributed by atoms with Crippen molar-refractivity contribution in [2.24, 2.45) is 0 Å². The molecule has 0 aliphatic carbocycles. The van der Waals surface area contributed by atoms with E-state index < -0.39 is 191 Å². The summed E-state index contributed by atoms with van der Waals surface area (Å²) in [6, 6.07) is 0. The largest absolute Gasteiger partial charge is 1.00 e. The zero-order valence-electron chi connectivity index (χ0n) is 41.2. The molecule has 406 valence electrons. The fourth-order valence-electron chi connectivity index (χ4n) is 3.85. The van der Waals surface area contributed by atoms with Crippen LogP contribution in [0.2, 0.25) is 0 Å². The van der Waals surface area contributed by atoms with E-state index in [-0.39, 0.29) is 296 Å². The van der Waals surface area contributed by atoms with Gasteiger partial charge in [-0.3, -0.25) is 55.1 Å². The van der Waals surface area contributed by atoms with Gasteiger partial charge in [-0.25, -0.2) is 41.8 Å². The third-order valence-electron chi connectivity index (χ3n) is 6.03. The molecule has 0 aliphatic rings. The van der Waals surface area contributed by atoms with Crippen molar-refractivity contribution < 1.29 is 477 Å². The van der Waals surface area contributed by atoms with Gasteiger partial charge >= 0.3 is 400 Å². The molecule has 78 heavy (non-hydrogen) atoms. The van der Waals surface area contributed by atoms with Crippen LogP contribution in [0.3, 0.4) is 0 Å². The van der Waals surface area contributed by atoms with E-state index in [0.29, 0.717) is 0 Å². The SMILES string of the molecule is O=C(NC(COS(=O)(=O)O)(COS(=O)(=O)O)COS(=O)(=O)O)[C@@H](OS(=O)(=O)O)[C@H](OS(=O)(=O)O)[C@H](OS(=O)(=O)O)[C@@H](OS(=O)(=O)O)C(=O)NC(COS(=O)(=O)O)(COS(=O)(=O)O)COS(=O)(=O)O.[Na+].[Na+].[Na+].[Na+].[Na+].[Na+].[Na+].[Na+].[Na+].[Na+]. The van der Waals surface area contributed by atoms with Gasteiger partial charge in [-0.15, -0.1) is 0 Å². The number of hydrogen-bond acceptors (Lipinski definition) is 32. The first kappa shape index (κ1) is 110. The molecule has 44 nitrogen and oxygen atoms in total. The summed E-state index contributed by atoms with van der Waals surface area (Å²) in [7, 11) is -63.4. The van der Waals surface area contributed by atoms with Crippen molar-refractivity contribution in [3.8, 4) is 0 Å². The van der Waals surface area contributed by atoms with Gasteiger partial charge in [-0.05, 0) is 0 Å². The van der Waals surface area contributed by atoms with Crippen molar-refractivity contribution in [3.63, 3.8) is 0 Å². The van der Waals surface area contributed by atoms with E-state index >= 15 is 0 Å². The van der Waals surface area contributed by atoms with Gasteiger partial charge in [0.05, 0.1) is 39.6 Å². The van der Waals surface area contributed by atoms with Crippen LogP contribution in [0, 0.1) is 0 Å². The minimum atomic E-state index is -6.85. The Morgan fingerprint density at radius 2 is 0.423 bits per heavy atom. The Morgan fingerprint density at radius 1 is 0.282 bits per heavy atom. The van der Waals surface area contributed by atoms with E-state index in [1.54, 1.807) is 0 Å². The molecule has 0 radical (unpaired) electrons. The minimum absolute atomic E-state index is 0. The van der Waals surface area contributed by atoms with Gasteiger partial charge in [0, 0.05) is 0 Å². The first-order valence-corrected chi connectivity index (χ1v) is 28.3. The summed E-state index contributed by atoms with van der Waals surface area (Å²) < 4.78 is 363. The van der Waals surface area contributed by atoms with Crippen LogP contribution in [0.15, 0.2) is 0 Å². The second-order valence-electron chi connectivity index (χ2n) is 11.5. The topological polar surface area (TPSA) is 694 Å². The van der Waals surface area contributed by atoms with Gasteiger partial charge in [0.15, 0.2) is 12.2 Å². The molecular weight excluding hydrogens is 1420 g/mol. The van der Waals surface area contributed by atoms with Crippen LogP contribution in [0.25, 0.3) is 0 Å². The van der Waals surface area contributed by atoms with Crippen LogP contribution in [-0.4, -0.2) is 217 Å². The van der Waals surface area contributed by atoms with E-state index in [1.807, 2.05) is 0 Å². The molecule has 0 aromatic heterocycles. The van der Waals surface area contributed by atoms with E-state index in [1.165, 1.54) is 0 Å². The van der Waals surface area contributed by atoms with Gasteiger partial charge in [-0.2, -0.15) is 84.2 Å². The van der Waals surface area contributed by atoms with Crippen molar-refractivity contribution in [3.05, 3.63) is 0 Å². The zero-order valence-corrected chi connectivity index (χ0v) is 69.3. The molecular formula is C14H28N2Na10O42S10+10. The molecule has 4 atom stereocenters. The molecule has 0 rings (SSSR count). The number of carbonyl (C=O) groups excluding carboxylic acids is 2. The number of amides is 2. The fourth-order valence-corrected chi connectivity index (χ4v) is 8.00. The minimum Gasteiger partial charge on any atom is -0.341 e. The van der Waals surface area contributed by atoms with Crippen LogP contribution in [-0.2, 0) is 155 Å². The number of hydrogen-bond donors (Lipinski definition) is 12. The Labute approximate surface area is 665 Å². The van der Waals surface area contributed by atoms with Crippen LogP contribution >= 0.6 is 0 Å². The predicted octanol–water partition coefficient (Wildman–Crippen LogP) is -39.6. The smallest absolute Gasteiger partial charge is 0.341 e. The van der Waals surface area contributed by atoms with Crippen LogP contribution in [0.5, 0.6) is 0 Å². The molecule has 12 N–H and O–H groups in total. The molecule has 0 heterocycles. The first-order chi connectivity index (χ1) is 29.6. The van der Waals surface area contributed by atoms with Crippen LogP contribution < -0.4 is 306 Å². The van der Waals surface area contributed by atoms with Gasteiger partial charge in [0.2, 0.25) is 0 Å². The average Bonchev–Trinajstić information content (AvgIpc) is 3.05. The Bertz CT molecular complexity index is 2620. The standard InChI is InChI=1S/C14H28N2O42S10.10Na/c17-11(15-13(1-49-59(19,20)21,2-50-60(22,23)24)3-51-61(25,26)27)9(57-67(43,44)45)7(55-65(37,38)39)8(56-66(40,41)42)10(58-68(46,47)48)12(18)16-14(4-52-62(28,29)30,5-53-63(31,32)33)6-54-64(34,35)36;;;;;;;;;;/h7-10H,1-6H2,(H,15,17)(H,16,18)(H,19,20,21)(H,22,23,24)(H,25,26,27)(H,28,29,30)(H,31,32,33)(H,34,35,36)(H,37,38,39)(H,40,41,42)(H,43,44,45)(H,46,47,48);;;;;;;;;;/q;10*+1/t7-,8+,9+,10-;;;;;;;;;;. The maximum absolute atomic E-state index is 13.8. The average molecular weight is 1450 g/mol. The van der Waals surface area contributed by atoms with E-state index in [4.69, 9.17) is 27.3 Å². The third-order valence-corrected chi connectivity index (χ3v) is 10.4. The summed E-state index contributed by atoms with van der Waals surface area (Å²) in [6.45, 7) is -14.2. The first-order valence-electron chi connectivity index (χ1n) is 14.6. The summed E-state index contributed by atoms with van der Waals surface area (Å²) in [5.74, 6) is -6.14. The molecule has 2 amide bonds. The summed E-state index contributed by atoms with van der Waals surface area (Å²) in [5, 5.41) is 1.87. The van der Waals surface area contributed by atoms with Crippen molar-refractivity contribution in [2.45, 2.75) is 35.5 Å². The Hall–Kier alpha value is 7.64. The van der Waals surface area contributed by atoms with Crippen LogP contribution in [0.4, 0.5) is 0 Å². The summed E-state index contributed by atoms with van der Waals surface area (Å²) in [5.41, 5.74) is -7.70. The van der Waals surface area contributed by atoms with Crippen molar-refractivity contribution in [1.82, 2.24) is 10.6 Å². The van der Waals surface area contributed by atoms with E-state index in [9.17, 15) is 112 Å². The summed E-state index contributed by atoms with van der Waals surface area (Å²) in [4.78, 5) is 27.6. The molecule has 64 heteroatoms. The molecule has 0 saturated heterocycles. The Kier molecular flexibility index (Phi) is 62.5. The number of rotatable bonds is 33. The molecule has 0 fully saturated rings. The van der Waals surface area contributed by atoms with Crippen molar-refractivity contribution >= 4 is 116 Å². The maximum atomic E-state index is 13.8. The molecule has 0 saturated carbocycles. The van der Waals surface area contributed by atoms with Gasteiger partial charge in [-0.1, -0.05) is 0 Å². The Balaban J connectivity index is -0.000000499. The summed E-state index contributed by atoms with van der Waals surface area (Å²) in [6.07, 6.45) is -17.8. The molecule has 0 aromatic carbocycles. The second kappa shape index (κ2) is 44.3. The van der Waals surface area contributed by atoms with Crippen LogP contribution in [0.1, 0.15) is 0 Å². The van der Waals surface area contributed by atoms with Gasteiger partial charge < -0.3 is 10.6 Å². The van der Waals surface area contributed by atoms with E-state index in [0.717, 1.165) is 10.6 Å². The molecule has 0 bridgehead atoms. The van der Waals surface area contributed by atoms with Crippen molar-refractivity contribution in [2.75, 3.05) is 39.6 Å². The predicted molar refractivity (Wildman–Crippen MR) is 192 cm³/mol. The van der Waals surface area contributed by atoms with Gasteiger partial charge in [0.25, 0.3) is 11.8 Å². The molecule has 0 aromatic rings. The van der Waals surface area contributed by atoms with Gasteiger partial charge in [0.1, 0.15) is 23.3 Å².